The Morgan fingerprint density at radius 2 is 1.72 bits per heavy atom. The molecule has 1 heterocycles. The highest BCUT2D eigenvalue weighted by molar-refractivity contribution is 9.10. The monoisotopic (exact) mass is 666 g/mol. The molecule has 1 aliphatic heterocycles. The zero-order valence-corrected chi connectivity index (χ0v) is 25.9. The van der Waals surface area contributed by atoms with Gasteiger partial charge in [-0.1, -0.05) is 28.1 Å². The molecule has 1 fully saturated rings. The van der Waals surface area contributed by atoms with Crippen LogP contribution in [0.1, 0.15) is 51.2 Å². The molecule has 0 saturated carbocycles. The number of halogens is 3. The number of unbranched alkanes of at least 4 members (excludes halogenated alkanes) is 1. The van der Waals surface area contributed by atoms with Gasteiger partial charge < -0.3 is 25.8 Å². The molecule has 0 spiro atoms. The Morgan fingerprint density at radius 1 is 1.07 bits per heavy atom. The number of amides is 4. The van der Waals surface area contributed by atoms with Crippen LogP contribution in [-0.2, 0) is 31.9 Å². The van der Waals surface area contributed by atoms with E-state index < -0.39 is 53.5 Å². The zero-order valence-electron chi connectivity index (χ0n) is 24.3. The first-order valence-corrected chi connectivity index (χ1v) is 14.7. The largest absolute Gasteiger partial charge is 0.443 e. The molecule has 3 rings (SSSR count). The summed E-state index contributed by atoms with van der Waals surface area (Å²) in [5.74, 6) is -2.04. The van der Waals surface area contributed by atoms with Crippen molar-refractivity contribution in [1.29, 1.82) is 0 Å². The molecular formula is C30H37BrF2N4O6. The number of nitrogens with two attached hydrogens (primary N) is 1. The highest BCUT2D eigenvalue weighted by Gasteiger charge is 2.50. The molecule has 2 aromatic carbocycles. The van der Waals surface area contributed by atoms with E-state index in [2.05, 4.69) is 26.6 Å². The molecule has 0 radical (unpaired) electrons. The Morgan fingerprint density at radius 3 is 2.37 bits per heavy atom. The molecule has 4 amide bonds. The average molecular weight is 668 g/mol. The molecule has 0 aromatic heterocycles. The minimum absolute atomic E-state index is 0.0168. The summed E-state index contributed by atoms with van der Waals surface area (Å²) in [6, 6.07) is 8.75. The van der Waals surface area contributed by atoms with E-state index in [1.165, 1.54) is 0 Å². The lowest BCUT2D eigenvalue weighted by atomic mass is 10.0. The van der Waals surface area contributed by atoms with E-state index in [0.29, 0.717) is 19.4 Å². The maximum atomic E-state index is 13.8. The maximum absolute atomic E-state index is 13.8. The van der Waals surface area contributed by atoms with E-state index >= 15 is 0 Å². The van der Waals surface area contributed by atoms with Crippen molar-refractivity contribution >= 4 is 39.9 Å². The number of rotatable bonds is 12. The molecular weight excluding hydrogens is 630 g/mol. The van der Waals surface area contributed by atoms with Gasteiger partial charge >= 0.3 is 12.2 Å². The fourth-order valence-corrected chi connectivity index (χ4v) is 4.74. The van der Waals surface area contributed by atoms with E-state index in [1.807, 2.05) is 24.3 Å². The number of imide groups is 1. The second-order valence-electron chi connectivity index (χ2n) is 11.3. The molecule has 234 valence electrons. The van der Waals surface area contributed by atoms with Crippen molar-refractivity contribution in [2.45, 2.75) is 76.7 Å². The van der Waals surface area contributed by atoms with E-state index in [-0.39, 0.29) is 37.3 Å². The molecule has 10 nitrogen and oxygen atoms in total. The number of nitrogens with zero attached hydrogens (tertiary/aromatic N) is 1. The standard InChI is InChI=1S/C30H37BrF2N4O6/c1-30(2,3)43-29(41)37-24(14-18-6-8-20(31)9-7-18)26(42-28(37)40)27(39)36-13-5-4-12-35-25(38)17-22(34)16-19-15-21(32)10-11-23(19)33/h6-11,15,22,24,26H,4-5,12-14,16-17,34H2,1-3H3,(H,35,38)(H,36,39)/t22?,24-,26+/m1/s1. The third kappa shape index (κ3) is 10.6. The molecule has 1 unspecified atom stereocenters. The highest BCUT2D eigenvalue weighted by Crippen LogP contribution is 2.26. The summed E-state index contributed by atoms with van der Waals surface area (Å²) in [6.07, 6.45) is -1.94. The van der Waals surface area contributed by atoms with Gasteiger partial charge in [0.25, 0.3) is 5.91 Å². The molecule has 2 aromatic rings. The van der Waals surface area contributed by atoms with Crippen molar-refractivity contribution in [2.24, 2.45) is 5.73 Å². The zero-order chi connectivity index (χ0) is 31.7. The molecule has 43 heavy (non-hydrogen) atoms. The number of hydrogen-bond donors (Lipinski definition) is 3. The van der Waals surface area contributed by atoms with Crippen molar-refractivity contribution in [3.05, 3.63) is 69.7 Å². The van der Waals surface area contributed by atoms with Crippen LogP contribution in [0.3, 0.4) is 0 Å². The first kappa shape index (κ1) is 33.9. The van der Waals surface area contributed by atoms with Crippen molar-refractivity contribution in [2.75, 3.05) is 13.1 Å². The van der Waals surface area contributed by atoms with Crippen molar-refractivity contribution in [3.63, 3.8) is 0 Å². The Balaban J connectivity index is 1.47. The number of nitrogens with one attached hydrogen (secondary N) is 2. The summed E-state index contributed by atoms with van der Waals surface area (Å²) >= 11 is 3.37. The molecule has 1 aliphatic rings. The van der Waals surface area contributed by atoms with E-state index in [9.17, 15) is 28.0 Å². The molecule has 0 bridgehead atoms. The summed E-state index contributed by atoms with van der Waals surface area (Å²) in [5.41, 5.74) is 5.97. The number of ether oxygens (including phenoxy) is 2. The molecule has 3 atom stereocenters. The summed E-state index contributed by atoms with van der Waals surface area (Å²) in [4.78, 5) is 51.6. The van der Waals surface area contributed by atoms with Gasteiger partial charge in [0.05, 0.1) is 6.04 Å². The molecule has 1 saturated heterocycles. The van der Waals surface area contributed by atoms with Gasteiger partial charge in [0.1, 0.15) is 17.2 Å². The topological polar surface area (TPSA) is 140 Å². The summed E-state index contributed by atoms with van der Waals surface area (Å²) in [6.45, 7) is 5.56. The predicted molar refractivity (Wildman–Crippen MR) is 158 cm³/mol. The van der Waals surface area contributed by atoms with E-state index in [1.54, 1.807) is 20.8 Å². The first-order chi connectivity index (χ1) is 20.2. The van der Waals surface area contributed by atoms with Gasteiger partial charge in [-0.2, -0.15) is 0 Å². The fourth-order valence-electron chi connectivity index (χ4n) is 4.48. The molecule has 0 aliphatic carbocycles. The first-order valence-electron chi connectivity index (χ1n) is 13.9. The van der Waals surface area contributed by atoms with Gasteiger partial charge in [-0.3, -0.25) is 9.59 Å². The van der Waals surface area contributed by atoms with Gasteiger partial charge in [0.15, 0.2) is 0 Å². The van der Waals surface area contributed by atoms with Gasteiger partial charge in [0.2, 0.25) is 12.0 Å². The Kier molecular flexibility index (Phi) is 12.0. The van der Waals surface area contributed by atoms with Crippen LogP contribution in [0.2, 0.25) is 0 Å². The van der Waals surface area contributed by atoms with Gasteiger partial charge in [-0.05, 0) is 87.9 Å². The minimum Gasteiger partial charge on any atom is -0.443 e. The quantitative estimate of drug-likeness (QED) is 0.286. The third-order valence-corrected chi connectivity index (χ3v) is 7.00. The Labute approximate surface area is 257 Å². The lowest BCUT2D eigenvalue weighted by molar-refractivity contribution is -0.129. The number of carbonyl (C=O) groups excluding carboxylic acids is 4. The molecule has 13 heteroatoms. The lowest BCUT2D eigenvalue weighted by Crippen LogP contribution is -2.49. The number of hydrogen-bond acceptors (Lipinski definition) is 7. The van der Waals surface area contributed by atoms with Crippen LogP contribution in [-0.4, -0.2) is 65.8 Å². The minimum atomic E-state index is -1.24. The van der Waals surface area contributed by atoms with Crippen LogP contribution in [0.4, 0.5) is 18.4 Å². The number of carbonyl (C=O) groups is 4. The van der Waals surface area contributed by atoms with Crippen molar-refractivity contribution in [3.8, 4) is 0 Å². The average Bonchev–Trinajstić information content (AvgIpc) is 3.24. The van der Waals surface area contributed by atoms with Gasteiger partial charge in [0, 0.05) is 30.0 Å². The van der Waals surface area contributed by atoms with E-state index in [4.69, 9.17) is 15.2 Å². The van der Waals surface area contributed by atoms with Gasteiger partial charge in [-0.15, -0.1) is 0 Å². The van der Waals surface area contributed by atoms with Crippen LogP contribution >= 0.6 is 15.9 Å². The Bertz CT molecular complexity index is 1300. The summed E-state index contributed by atoms with van der Waals surface area (Å²) in [5, 5.41) is 5.45. The SMILES string of the molecule is CC(C)(C)OC(=O)N1C(=O)O[C@H](C(=O)NCCCCNC(=O)CC(N)Cc2cc(F)ccc2F)[C@H]1Cc1ccc(Br)cc1. The number of benzene rings is 2. The third-order valence-electron chi connectivity index (χ3n) is 6.47. The Hall–Kier alpha value is -3.58. The molecule has 4 N–H and O–H groups in total. The second kappa shape index (κ2) is 15.2. The summed E-state index contributed by atoms with van der Waals surface area (Å²) < 4.78 is 38.7. The van der Waals surface area contributed by atoms with Crippen LogP contribution in [0, 0.1) is 11.6 Å². The second-order valence-corrected chi connectivity index (χ2v) is 12.2. The smallest absolute Gasteiger partial charge is 0.420 e. The summed E-state index contributed by atoms with van der Waals surface area (Å²) in [7, 11) is 0. The van der Waals surface area contributed by atoms with Crippen LogP contribution in [0.5, 0.6) is 0 Å². The van der Waals surface area contributed by atoms with Crippen molar-refractivity contribution in [1.82, 2.24) is 15.5 Å². The highest BCUT2D eigenvalue weighted by atomic mass is 79.9. The van der Waals surface area contributed by atoms with Crippen LogP contribution < -0.4 is 16.4 Å². The number of cyclic esters (lactones) is 1. The van der Waals surface area contributed by atoms with Crippen LogP contribution in [0.15, 0.2) is 46.9 Å². The maximum Gasteiger partial charge on any atom is 0.420 e. The van der Waals surface area contributed by atoms with Crippen molar-refractivity contribution < 1.29 is 37.4 Å². The normalized spacial score (nSPS) is 17.3. The lowest BCUT2D eigenvalue weighted by Gasteiger charge is -2.26. The van der Waals surface area contributed by atoms with Crippen LogP contribution in [0.25, 0.3) is 0 Å². The van der Waals surface area contributed by atoms with Gasteiger partial charge in [-0.25, -0.2) is 23.3 Å². The van der Waals surface area contributed by atoms with E-state index in [0.717, 1.165) is 33.1 Å². The fraction of sp³-hybridized carbons (Fsp3) is 0.467. The predicted octanol–water partition coefficient (Wildman–Crippen LogP) is 4.37.